The number of carbonyl (C=O) groups excluding carboxylic acids is 3. The van der Waals surface area contributed by atoms with E-state index >= 15 is 0 Å². The minimum atomic E-state index is -0.827. The lowest BCUT2D eigenvalue weighted by atomic mass is 9.75. The minimum absolute atomic E-state index is 0.124. The lowest BCUT2D eigenvalue weighted by Crippen LogP contribution is -2.50. The zero-order valence-corrected chi connectivity index (χ0v) is 18.7. The topological polar surface area (TPSA) is 81.8 Å². The molecule has 1 aromatic carbocycles. The number of nitrogens with zero attached hydrogens (tertiary/aromatic N) is 2. The Morgan fingerprint density at radius 2 is 1.97 bits per heavy atom. The molecule has 2 aliphatic rings. The Balaban J connectivity index is 1.60. The Morgan fingerprint density at radius 3 is 2.57 bits per heavy atom. The van der Waals surface area contributed by atoms with Crippen LogP contribution in [0.3, 0.4) is 0 Å². The Kier molecular flexibility index (Phi) is 7.03. The van der Waals surface area contributed by atoms with E-state index in [0.29, 0.717) is 30.3 Å². The van der Waals surface area contributed by atoms with Crippen molar-refractivity contribution < 1.29 is 14.4 Å². The van der Waals surface area contributed by atoms with Crippen molar-refractivity contribution in [1.82, 2.24) is 20.4 Å². The number of hydrogen-bond donors (Lipinski definition) is 2. The van der Waals surface area contributed by atoms with E-state index in [1.165, 1.54) is 0 Å². The third-order valence-electron chi connectivity index (χ3n) is 6.46. The molecule has 1 atom stereocenters. The quantitative estimate of drug-likeness (QED) is 0.646. The van der Waals surface area contributed by atoms with Gasteiger partial charge in [-0.1, -0.05) is 43.1 Å². The van der Waals surface area contributed by atoms with Gasteiger partial charge in [0.05, 0.1) is 6.04 Å². The van der Waals surface area contributed by atoms with E-state index in [9.17, 15) is 14.4 Å². The molecule has 2 fully saturated rings. The molecule has 1 unspecified atom stereocenters. The average Bonchev–Trinajstić information content (AvgIpc) is 2.94. The van der Waals surface area contributed by atoms with Crippen LogP contribution < -0.4 is 10.6 Å². The van der Waals surface area contributed by atoms with Gasteiger partial charge in [0, 0.05) is 11.6 Å². The van der Waals surface area contributed by atoms with Crippen LogP contribution in [-0.4, -0.2) is 60.4 Å². The molecule has 7 nitrogen and oxygen atoms in total. The molecule has 3 rings (SSSR count). The summed E-state index contributed by atoms with van der Waals surface area (Å²) in [4.78, 5) is 41.0. The van der Waals surface area contributed by atoms with E-state index in [4.69, 9.17) is 11.6 Å². The highest BCUT2D eigenvalue weighted by Gasteiger charge is 2.52. The first kappa shape index (κ1) is 22.6. The van der Waals surface area contributed by atoms with Crippen LogP contribution in [0.25, 0.3) is 0 Å². The molecule has 30 heavy (non-hydrogen) atoms. The van der Waals surface area contributed by atoms with E-state index in [1.807, 2.05) is 43.3 Å². The Labute approximate surface area is 183 Å². The van der Waals surface area contributed by atoms with Gasteiger partial charge in [-0.15, -0.1) is 0 Å². The van der Waals surface area contributed by atoms with Gasteiger partial charge in [0.2, 0.25) is 5.91 Å². The van der Waals surface area contributed by atoms with Gasteiger partial charge in [0.1, 0.15) is 12.1 Å². The highest BCUT2D eigenvalue weighted by molar-refractivity contribution is 6.31. The number of hydrogen-bond acceptors (Lipinski definition) is 4. The van der Waals surface area contributed by atoms with Crippen molar-refractivity contribution in [3.05, 3.63) is 34.9 Å². The first-order chi connectivity index (χ1) is 14.3. The minimum Gasteiger partial charge on any atom is -0.353 e. The zero-order valence-electron chi connectivity index (χ0n) is 17.9. The number of urea groups is 1. The lowest BCUT2D eigenvalue weighted by molar-refractivity contribution is -0.136. The zero-order chi connectivity index (χ0) is 21.9. The second-order valence-electron chi connectivity index (χ2n) is 8.56. The monoisotopic (exact) mass is 434 g/mol. The summed E-state index contributed by atoms with van der Waals surface area (Å²) in [5.74, 6) is -0.0328. The van der Waals surface area contributed by atoms with Gasteiger partial charge in [-0.3, -0.25) is 14.5 Å². The summed E-state index contributed by atoms with van der Waals surface area (Å²) in [5.41, 5.74) is 0.0818. The molecule has 0 aromatic heterocycles. The molecule has 1 aliphatic carbocycles. The molecule has 164 valence electrons. The average molecular weight is 435 g/mol. The molecular weight excluding hydrogens is 404 g/mol. The third kappa shape index (κ3) is 4.62. The van der Waals surface area contributed by atoms with Gasteiger partial charge < -0.3 is 15.5 Å². The molecule has 1 aliphatic heterocycles. The predicted molar refractivity (Wildman–Crippen MR) is 116 cm³/mol. The molecule has 1 saturated carbocycles. The van der Waals surface area contributed by atoms with E-state index in [1.54, 1.807) is 0 Å². The number of nitrogens with one attached hydrogen (secondary N) is 2. The number of carbonyl (C=O) groups is 3. The number of imide groups is 1. The van der Waals surface area contributed by atoms with Gasteiger partial charge in [-0.05, 0) is 57.3 Å². The summed E-state index contributed by atoms with van der Waals surface area (Å²) < 4.78 is 0. The molecule has 2 N–H and O–H groups in total. The van der Waals surface area contributed by atoms with Gasteiger partial charge in [-0.25, -0.2) is 4.79 Å². The van der Waals surface area contributed by atoms with Gasteiger partial charge in [-0.2, -0.15) is 0 Å². The highest BCUT2D eigenvalue weighted by atomic mass is 35.5. The standard InChI is InChI=1S/C22H31ClN4O3/c1-4-15-9-11-22(12-10-15)20(29)27(21(30)25-22)14-19(28)24-13-18(26(2)3)16-7-5-6-8-17(16)23/h5-8,15,18H,4,9-14H2,1-3H3,(H,24,28)(H,25,30). The van der Waals surface area contributed by atoms with Crippen molar-refractivity contribution >= 4 is 29.4 Å². The van der Waals surface area contributed by atoms with E-state index in [0.717, 1.165) is 29.7 Å². The van der Waals surface area contributed by atoms with Crippen LogP contribution >= 0.6 is 11.6 Å². The molecule has 4 amide bonds. The van der Waals surface area contributed by atoms with Crippen molar-refractivity contribution in [1.29, 1.82) is 0 Å². The van der Waals surface area contributed by atoms with Crippen LogP contribution in [0, 0.1) is 5.92 Å². The normalized spacial score (nSPS) is 25.0. The summed E-state index contributed by atoms with van der Waals surface area (Å²) in [6.45, 7) is 2.20. The van der Waals surface area contributed by atoms with Crippen LogP contribution in [0.5, 0.6) is 0 Å². The van der Waals surface area contributed by atoms with Gasteiger partial charge >= 0.3 is 6.03 Å². The highest BCUT2D eigenvalue weighted by Crippen LogP contribution is 2.37. The van der Waals surface area contributed by atoms with Crippen molar-refractivity contribution in [3.63, 3.8) is 0 Å². The third-order valence-corrected chi connectivity index (χ3v) is 6.81. The number of benzene rings is 1. The number of halogens is 1. The summed E-state index contributed by atoms with van der Waals surface area (Å²) in [6, 6.07) is 6.90. The molecule has 1 spiro atoms. The van der Waals surface area contributed by atoms with E-state index in [-0.39, 0.29) is 24.4 Å². The number of likely N-dealkylation sites (N-methyl/N-ethyl adjacent to an activating group) is 1. The largest absolute Gasteiger partial charge is 0.353 e. The van der Waals surface area contributed by atoms with Crippen molar-refractivity contribution in [2.45, 2.75) is 50.6 Å². The van der Waals surface area contributed by atoms with Crippen molar-refractivity contribution in [3.8, 4) is 0 Å². The molecular formula is C22H31ClN4O3. The Morgan fingerprint density at radius 1 is 1.30 bits per heavy atom. The smallest absolute Gasteiger partial charge is 0.325 e. The summed E-state index contributed by atoms with van der Waals surface area (Å²) in [7, 11) is 3.82. The fourth-order valence-corrected chi connectivity index (χ4v) is 4.73. The summed E-state index contributed by atoms with van der Waals surface area (Å²) in [5, 5.41) is 6.35. The number of rotatable bonds is 7. The summed E-state index contributed by atoms with van der Waals surface area (Å²) >= 11 is 6.31. The van der Waals surface area contributed by atoms with Crippen LogP contribution in [0.15, 0.2) is 24.3 Å². The van der Waals surface area contributed by atoms with E-state index in [2.05, 4.69) is 17.6 Å². The lowest BCUT2D eigenvalue weighted by Gasteiger charge is -2.34. The van der Waals surface area contributed by atoms with Gasteiger partial charge in [0.15, 0.2) is 0 Å². The predicted octanol–water partition coefficient (Wildman–Crippen LogP) is 2.95. The van der Waals surface area contributed by atoms with E-state index < -0.39 is 11.6 Å². The fraction of sp³-hybridized carbons (Fsp3) is 0.591. The van der Waals surface area contributed by atoms with Crippen molar-refractivity contribution in [2.24, 2.45) is 5.92 Å². The first-order valence-electron chi connectivity index (χ1n) is 10.6. The van der Waals surface area contributed by atoms with Crippen LogP contribution in [-0.2, 0) is 9.59 Å². The molecule has 0 bridgehead atoms. The van der Waals surface area contributed by atoms with Crippen molar-refractivity contribution in [2.75, 3.05) is 27.2 Å². The second kappa shape index (κ2) is 9.35. The molecule has 0 radical (unpaired) electrons. The van der Waals surface area contributed by atoms with Gasteiger partial charge in [0.25, 0.3) is 5.91 Å². The van der Waals surface area contributed by atoms with Crippen LogP contribution in [0.2, 0.25) is 5.02 Å². The fourth-order valence-electron chi connectivity index (χ4n) is 4.46. The number of amides is 4. The molecule has 1 heterocycles. The Hall–Kier alpha value is -2.12. The molecule has 1 saturated heterocycles. The first-order valence-corrected chi connectivity index (χ1v) is 11.0. The Bertz CT molecular complexity index is 805. The summed E-state index contributed by atoms with van der Waals surface area (Å²) in [6.07, 6.45) is 4.21. The maximum atomic E-state index is 13.0. The van der Waals surface area contributed by atoms with Crippen LogP contribution in [0.1, 0.15) is 50.6 Å². The SMILES string of the molecule is CCC1CCC2(CC1)NC(=O)N(CC(=O)NCC(c1ccccc1Cl)N(C)C)C2=O. The second-order valence-corrected chi connectivity index (χ2v) is 8.97. The molecule has 8 heteroatoms. The van der Waals surface area contributed by atoms with Crippen LogP contribution in [0.4, 0.5) is 4.79 Å². The molecule has 1 aromatic rings. The maximum absolute atomic E-state index is 13.0. The maximum Gasteiger partial charge on any atom is 0.325 e.